The van der Waals surface area contributed by atoms with Crippen molar-refractivity contribution < 1.29 is 14.2 Å². The second-order valence-electron chi connectivity index (χ2n) is 15.2. The van der Waals surface area contributed by atoms with Crippen molar-refractivity contribution in [1.29, 1.82) is 0 Å². The summed E-state index contributed by atoms with van der Waals surface area (Å²) in [5.41, 5.74) is 5.72. The molecule has 286 valence electrons. The number of nitrogens with zero attached hydrogens (tertiary/aromatic N) is 5. The van der Waals surface area contributed by atoms with Gasteiger partial charge < -0.3 is 23.7 Å². The van der Waals surface area contributed by atoms with Gasteiger partial charge in [0.05, 0.1) is 12.1 Å². The van der Waals surface area contributed by atoms with Crippen LogP contribution in [0.2, 0.25) is 5.02 Å². The third-order valence-electron chi connectivity index (χ3n) is 11.3. The third-order valence-corrected chi connectivity index (χ3v) is 11.5. The van der Waals surface area contributed by atoms with Gasteiger partial charge in [-0.3, -0.25) is 9.80 Å². The molecule has 53 heavy (non-hydrogen) atoms. The molecule has 7 rings (SSSR count). The summed E-state index contributed by atoms with van der Waals surface area (Å²) >= 11 is 6.12. The molecule has 3 saturated heterocycles. The number of likely N-dealkylation sites (tertiary alicyclic amines) is 3. The van der Waals surface area contributed by atoms with E-state index in [1.807, 2.05) is 12.1 Å². The van der Waals surface area contributed by atoms with Crippen LogP contribution in [0, 0.1) is 0 Å². The molecule has 9 heteroatoms. The molecule has 1 aromatic heterocycles. The minimum absolute atomic E-state index is 0.613. The number of imidazole rings is 1. The Balaban J connectivity index is 1.19. The molecule has 8 nitrogen and oxygen atoms in total. The summed E-state index contributed by atoms with van der Waals surface area (Å²) in [5.74, 6) is 3.62. The van der Waals surface area contributed by atoms with Crippen LogP contribution in [-0.4, -0.2) is 103 Å². The Kier molecular flexibility index (Phi) is 13.9. The van der Waals surface area contributed by atoms with Crippen molar-refractivity contribution in [3.63, 3.8) is 0 Å². The molecule has 0 atom stereocenters. The maximum atomic E-state index is 6.63. The van der Waals surface area contributed by atoms with E-state index < -0.39 is 0 Å². The zero-order chi connectivity index (χ0) is 36.2. The number of rotatable bonds is 20. The molecule has 3 aromatic carbocycles. The minimum atomic E-state index is 0.613. The monoisotopic (exact) mass is 741 g/mol. The van der Waals surface area contributed by atoms with Crippen LogP contribution in [-0.2, 0) is 19.4 Å². The molecule has 0 unspecified atom stereocenters. The Morgan fingerprint density at radius 1 is 0.623 bits per heavy atom. The van der Waals surface area contributed by atoms with E-state index in [0.29, 0.717) is 19.8 Å². The molecule has 0 saturated carbocycles. The Bertz CT molecular complexity index is 1730. The van der Waals surface area contributed by atoms with Gasteiger partial charge in [-0.1, -0.05) is 37.1 Å². The van der Waals surface area contributed by atoms with Gasteiger partial charge in [-0.15, -0.1) is 0 Å². The number of aromatic nitrogens is 2. The summed E-state index contributed by atoms with van der Waals surface area (Å²) in [4.78, 5) is 13.1. The van der Waals surface area contributed by atoms with Crippen LogP contribution < -0.4 is 14.2 Å². The van der Waals surface area contributed by atoms with Gasteiger partial charge in [0.1, 0.15) is 36.1 Å². The average molecular weight is 742 g/mol. The number of hydrogen-bond donors (Lipinski definition) is 0. The zero-order valence-electron chi connectivity index (χ0n) is 32.0. The van der Waals surface area contributed by atoms with Gasteiger partial charge in [0.15, 0.2) is 5.75 Å². The van der Waals surface area contributed by atoms with Crippen LogP contribution in [0.25, 0.3) is 22.4 Å². The van der Waals surface area contributed by atoms with Gasteiger partial charge in [-0.05, 0) is 145 Å². The van der Waals surface area contributed by atoms with Crippen molar-refractivity contribution in [3.05, 3.63) is 70.7 Å². The SMILES string of the molecule is CCCCn1c(-c2ccc(OCCc3ccc(Cl)cc3)cc2CCCN2CCCC2)nc2c(OCCN3CCCC3)cc(OCCN3CCCC3)cc21. The molecule has 0 bridgehead atoms. The Labute approximate surface area is 322 Å². The summed E-state index contributed by atoms with van der Waals surface area (Å²) in [6, 6.07) is 19.0. The summed E-state index contributed by atoms with van der Waals surface area (Å²) in [5, 5.41) is 0.760. The number of hydrogen-bond acceptors (Lipinski definition) is 7. The van der Waals surface area contributed by atoms with Gasteiger partial charge in [0, 0.05) is 48.8 Å². The lowest BCUT2D eigenvalue weighted by atomic mass is 10.0. The second kappa shape index (κ2) is 19.3. The van der Waals surface area contributed by atoms with Crippen LogP contribution in [0.15, 0.2) is 54.6 Å². The normalized spacial score (nSPS) is 17.0. The third kappa shape index (κ3) is 10.5. The molecular formula is C44H60ClN5O3. The predicted octanol–water partition coefficient (Wildman–Crippen LogP) is 8.76. The van der Waals surface area contributed by atoms with Crippen molar-refractivity contribution in [2.75, 3.05) is 78.7 Å². The molecule has 0 radical (unpaired) electrons. The molecule has 0 amide bonds. The van der Waals surface area contributed by atoms with Crippen LogP contribution in [0.4, 0.5) is 0 Å². The second-order valence-corrected chi connectivity index (χ2v) is 15.7. The van der Waals surface area contributed by atoms with Gasteiger partial charge in [-0.2, -0.15) is 0 Å². The van der Waals surface area contributed by atoms with Crippen LogP contribution in [0.5, 0.6) is 17.2 Å². The van der Waals surface area contributed by atoms with E-state index in [-0.39, 0.29) is 0 Å². The number of fused-ring (bicyclic) bond motifs is 1. The van der Waals surface area contributed by atoms with Gasteiger partial charge in [-0.25, -0.2) is 4.98 Å². The fourth-order valence-corrected chi connectivity index (χ4v) is 8.35. The van der Waals surface area contributed by atoms with E-state index >= 15 is 0 Å². The quantitative estimate of drug-likeness (QED) is 0.0898. The van der Waals surface area contributed by atoms with E-state index in [1.165, 1.54) is 81.4 Å². The van der Waals surface area contributed by atoms with E-state index in [0.717, 1.165) is 111 Å². The van der Waals surface area contributed by atoms with Gasteiger partial charge >= 0.3 is 0 Å². The summed E-state index contributed by atoms with van der Waals surface area (Å²) in [7, 11) is 0. The van der Waals surface area contributed by atoms with Crippen molar-refractivity contribution in [1.82, 2.24) is 24.3 Å². The van der Waals surface area contributed by atoms with Crippen molar-refractivity contribution in [2.45, 2.75) is 84.1 Å². The van der Waals surface area contributed by atoms with Crippen molar-refractivity contribution in [2.24, 2.45) is 0 Å². The first kappa shape index (κ1) is 38.0. The van der Waals surface area contributed by atoms with E-state index in [9.17, 15) is 0 Å². The number of unbranched alkanes of at least 4 members (excludes halogenated alkanes) is 1. The number of halogens is 1. The zero-order valence-corrected chi connectivity index (χ0v) is 32.8. The van der Waals surface area contributed by atoms with Gasteiger partial charge in [0.25, 0.3) is 0 Å². The smallest absolute Gasteiger partial charge is 0.150 e. The van der Waals surface area contributed by atoms with Crippen molar-refractivity contribution in [3.8, 4) is 28.6 Å². The Morgan fingerprint density at radius 3 is 1.94 bits per heavy atom. The van der Waals surface area contributed by atoms with Gasteiger partial charge in [0.2, 0.25) is 0 Å². The number of aryl methyl sites for hydroxylation is 2. The lowest BCUT2D eigenvalue weighted by molar-refractivity contribution is 0.231. The fourth-order valence-electron chi connectivity index (χ4n) is 8.22. The van der Waals surface area contributed by atoms with E-state index in [1.54, 1.807) is 0 Å². The first-order chi connectivity index (χ1) is 26.1. The molecule has 3 fully saturated rings. The molecule has 0 N–H and O–H groups in total. The lowest BCUT2D eigenvalue weighted by Gasteiger charge is -2.18. The molecule has 4 aromatic rings. The van der Waals surface area contributed by atoms with E-state index in [2.05, 4.69) is 68.7 Å². The summed E-state index contributed by atoms with van der Waals surface area (Å²) in [6.07, 6.45) is 12.9. The molecule has 3 aliphatic heterocycles. The molecule has 0 aliphatic carbocycles. The van der Waals surface area contributed by atoms with Crippen LogP contribution in [0.1, 0.15) is 75.8 Å². The predicted molar refractivity (Wildman–Crippen MR) is 217 cm³/mol. The highest BCUT2D eigenvalue weighted by atomic mass is 35.5. The highest BCUT2D eigenvalue weighted by Crippen LogP contribution is 2.37. The fraction of sp³-hybridized carbons (Fsp3) is 0.568. The maximum Gasteiger partial charge on any atom is 0.150 e. The first-order valence-corrected chi connectivity index (χ1v) is 21.0. The average Bonchev–Trinajstić information content (AvgIpc) is 4.01. The Hall–Kier alpha value is -3.30. The largest absolute Gasteiger partial charge is 0.493 e. The molecule has 3 aliphatic rings. The highest BCUT2D eigenvalue weighted by molar-refractivity contribution is 6.30. The topological polar surface area (TPSA) is 55.2 Å². The Morgan fingerprint density at radius 2 is 1.26 bits per heavy atom. The summed E-state index contributed by atoms with van der Waals surface area (Å²) < 4.78 is 21.9. The molecule has 4 heterocycles. The van der Waals surface area contributed by atoms with Crippen molar-refractivity contribution >= 4 is 22.6 Å². The molecular weight excluding hydrogens is 682 g/mol. The van der Waals surface area contributed by atoms with Crippen LogP contribution >= 0.6 is 11.6 Å². The maximum absolute atomic E-state index is 6.63. The first-order valence-electron chi connectivity index (χ1n) is 20.6. The number of benzene rings is 3. The van der Waals surface area contributed by atoms with E-state index in [4.69, 9.17) is 30.8 Å². The number of ether oxygens (including phenoxy) is 3. The highest BCUT2D eigenvalue weighted by Gasteiger charge is 2.22. The molecule has 0 spiro atoms. The lowest BCUT2D eigenvalue weighted by Crippen LogP contribution is -2.25. The van der Waals surface area contributed by atoms with Crippen LogP contribution in [0.3, 0.4) is 0 Å². The minimum Gasteiger partial charge on any atom is -0.493 e. The standard InChI is InChI=1S/C44H60ClN5O3/c1-2-3-26-50-41-33-39(52-30-27-48-21-6-7-22-48)34-42(53-31-28-49-23-8-9-24-49)43(41)46-44(50)40-17-16-38(51-29-18-35-12-14-37(45)15-13-35)32-36(40)11-10-25-47-19-4-5-20-47/h12-17,32-34H,2-11,18-31H2,1H3. The summed E-state index contributed by atoms with van der Waals surface area (Å²) in [6.45, 7) is 15.2.